The minimum atomic E-state index is -0.781. The van der Waals surface area contributed by atoms with E-state index in [0.717, 1.165) is 10.2 Å². The number of rotatable bonds is 4. The second kappa shape index (κ2) is 6.97. The Bertz CT molecular complexity index is 1090. The average molecular weight is 371 g/mol. The third kappa shape index (κ3) is 3.43. The normalized spacial score (nSPS) is 10.7. The van der Waals surface area contributed by atoms with Gasteiger partial charge in [-0.25, -0.2) is 4.68 Å². The molecular weight excluding hydrogens is 356 g/mol. The number of aromatic nitrogens is 2. The highest BCUT2D eigenvalue weighted by atomic mass is 35.5. The molecule has 0 atom stereocenters. The molecule has 3 rings (SSSR count). The molecule has 3 N–H and O–H groups in total. The van der Waals surface area contributed by atoms with Crippen molar-refractivity contribution >= 4 is 39.9 Å². The maximum absolute atomic E-state index is 12.5. The van der Waals surface area contributed by atoms with Gasteiger partial charge in [0, 0.05) is 5.39 Å². The molecule has 1 aromatic heterocycles. The number of carbonyl (C=O) groups is 2. The second-order valence-corrected chi connectivity index (χ2v) is 6.16. The molecule has 0 aliphatic carbocycles. The largest absolute Gasteiger partial charge is 0.364 e. The number of nitrogens with two attached hydrogens (primary N) is 1. The van der Waals surface area contributed by atoms with Crippen LogP contribution in [0.5, 0.6) is 0 Å². The predicted molar refractivity (Wildman–Crippen MR) is 99.3 cm³/mol. The van der Waals surface area contributed by atoms with E-state index in [2.05, 4.69) is 10.4 Å². The molecule has 0 bridgehead atoms. The number of primary amides is 1. The van der Waals surface area contributed by atoms with Gasteiger partial charge in [-0.05, 0) is 30.7 Å². The number of hydrogen-bond donors (Lipinski definition) is 2. The van der Waals surface area contributed by atoms with E-state index in [9.17, 15) is 14.4 Å². The van der Waals surface area contributed by atoms with Crippen LogP contribution in [0.1, 0.15) is 16.1 Å². The Kier molecular flexibility index (Phi) is 4.73. The molecule has 7 nitrogen and oxygen atoms in total. The van der Waals surface area contributed by atoms with E-state index in [4.69, 9.17) is 17.3 Å². The number of carbonyl (C=O) groups excluding carboxylic acids is 2. The lowest BCUT2D eigenvalue weighted by molar-refractivity contribution is -0.117. The van der Waals surface area contributed by atoms with Crippen LogP contribution in [0.3, 0.4) is 0 Å². The Morgan fingerprint density at radius 2 is 1.88 bits per heavy atom. The van der Waals surface area contributed by atoms with Crippen molar-refractivity contribution in [3.8, 4) is 0 Å². The first-order valence-electron chi connectivity index (χ1n) is 7.72. The van der Waals surface area contributed by atoms with E-state index >= 15 is 0 Å². The SMILES string of the molecule is Cc1ccc(NC(=O)Cn2nc(C(N)=O)c3ccccc3c2=O)c(Cl)c1. The summed E-state index contributed by atoms with van der Waals surface area (Å²) < 4.78 is 0.917. The number of nitrogens with zero attached hydrogens (tertiary/aromatic N) is 2. The highest BCUT2D eigenvalue weighted by Crippen LogP contribution is 2.22. The minimum Gasteiger partial charge on any atom is -0.364 e. The zero-order valence-corrected chi connectivity index (χ0v) is 14.6. The molecular formula is C18H15ClN4O3. The Morgan fingerprint density at radius 3 is 2.54 bits per heavy atom. The van der Waals surface area contributed by atoms with Crippen molar-refractivity contribution in [1.82, 2.24) is 9.78 Å². The topological polar surface area (TPSA) is 107 Å². The number of benzene rings is 2. The molecule has 0 spiro atoms. The van der Waals surface area contributed by atoms with Crippen LogP contribution in [-0.4, -0.2) is 21.6 Å². The summed E-state index contributed by atoms with van der Waals surface area (Å²) in [7, 11) is 0. The smallest absolute Gasteiger partial charge is 0.275 e. The molecule has 0 aliphatic heterocycles. The molecule has 2 amide bonds. The molecule has 26 heavy (non-hydrogen) atoms. The first kappa shape index (κ1) is 17.6. The quantitative estimate of drug-likeness (QED) is 0.733. The van der Waals surface area contributed by atoms with E-state index in [0.29, 0.717) is 16.1 Å². The molecule has 3 aromatic rings. The van der Waals surface area contributed by atoms with Gasteiger partial charge in [-0.15, -0.1) is 0 Å². The van der Waals surface area contributed by atoms with E-state index in [1.54, 1.807) is 42.5 Å². The number of halogens is 1. The number of anilines is 1. The van der Waals surface area contributed by atoms with Gasteiger partial charge in [-0.2, -0.15) is 5.10 Å². The van der Waals surface area contributed by atoms with Crippen LogP contribution >= 0.6 is 11.6 Å². The molecule has 132 valence electrons. The molecule has 0 aliphatic rings. The van der Waals surface area contributed by atoms with Gasteiger partial charge in [0.25, 0.3) is 11.5 Å². The standard InChI is InChI=1S/C18H15ClN4O3/c1-10-6-7-14(13(19)8-10)21-15(24)9-23-18(26)12-5-3-2-4-11(12)16(22-23)17(20)25/h2-8H,9H2,1H3,(H2,20,25)(H,21,24). The number of amides is 2. The third-order valence-corrected chi connectivity index (χ3v) is 4.11. The Labute approximate surface area is 153 Å². The maximum atomic E-state index is 12.5. The fourth-order valence-electron chi connectivity index (χ4n) is 2.57. The van der Waals surface area contributed by atoms with Gasteiger partial charge in [0.1, 0.15) is 6.54 Å². The summed E-state index contributed by atoms with van der Waals surface area (Å²) in [5.41, 5.74) is 6.17. The van der Waals surface area contributed by atoms with Crippen LogP contribution in [0.4, 0.5) is 5.69 Å². The summed E-state index contributed by atoms with van der Waals surface area (Å²) in [4.78, 5) is 36.5. The first-order chi connectivity index (χ1) is 12.4. The van der Waals surface area contributed by atoms with Crippen LogP contribution < -0.4 is 16.6 Å². The first-order valence-corrected chi connectivity index (χ1v) is 8.10. The van der Waals surface area contributed by atoms with Crippen molar-refractivity contribution < 1.29 is 9.59 Å². The van der Waals surface area contributed by atoms with Gasteiger partial charge >= 0.3 is 0 Å². The molecule has 0 radical (unpaired) electrons. The lowest BCUT2D eigenvalue weighted by atomic mass is 10.1. The average Bonchev–Trinajstić information content (AvgIpc) is 2.59. The number of fused-ring (bicyclic) bond motifs is 1. The van der Waals surface area contributed by atoms with Gasteiger partial charge in [-0.3, -0.25) is 14.4 Å². The van der Waals surface area contributed by atoms with E-state index < -0.39 is 17.4 Å². The highest BCUT2D eigenvalue weighted by Gasteiger charge is 2.16. The molecule has 1 heterocycles. The van der Waals surface area contributed by atoms with E-state index in [1.165, 1.54) is 0 Å². The monoisotopic (exact) mass is 370 g/mol. The number of hydrogen-bond acceptors (Lipinski definition) is 4. The van der Waals surface area contributed by atoms with Crippen molar-refractivity contribution in [2.24, 2.45) is 5.73 Å². The zero-order chi connectivity index (χ0) is 18.8. The van der Waals surface area contributed by atoms with E-state index in [1.807, 2.05) is 6.92 Å². The molecule has 2 aromatic carbocycles. The summed E-state index contributed by atoms with van der Waals surface area (Å²) in [5, 5.41) is 7.57. The maximum Gasteiger partial charge on any atom is 0.275 e. The lowest BCUT2D eigenvalue weighted by Crippen LogP contribution is -2.32. The van der Waals surface area contributed by atoms with Crippen molar-refractivity contribution in [1.29, 1.82) is 0 Å². The fraction of sp³-hybridized carbons (Fsp3) is 0.111. The summed E-state index contributed by atoms with van der Waals surface area (Å²) in [6, 6.07) is 11.6. The summed E-state index contributed by atoms with van der Waals surface area (Å²) in [6.07, 6.45) is 0. The van der Waals surface area contributed by atoms with Gasteiger partial charge < -0.3 is 11.1 Å². The van der Waals surface area contributed by atoms with Crippen LogP contribution in [0.2, 0.25) is 5.02 Å². The van der Waals surface area contributed by atoms with Crippen LogP contribution in [0.25, 0.3) is 10.8 Å². The van der Waals surface area contributed by atoms with Crippen molar-refractivity contribution in [2.75, 3.05) is 5.32 Å². The summed E-state index contributed by atoms with van der Waals surface area (Å²) in [5.74, 6) is -1.28. The predicted octanol–water partition coefficient (Wildman–Crippen LogP) is 2.10. The number of nitrogens with one attached hydrogen (secondary N) is 1. The van der Waals surface area contributed by atoms with Gasteiger partial charge in [-0.1, -0.05) is 35.9 Å². The van der Waals surface area contributed by atoms with Gasteiger partial charge in [0.05, 0.1) is 16.1 Å². The third-order valence-electron chi connectivity index (χ3n) is 3.79. The molecule has 8 heteroatoms. The second-order valence-electron chi connectivity index (χ2n) is 5.75. The zero-order valence-electron chi connectivity index (χ0n) is 13.8. The van der Waals surface area contributed by atoms with Gasteiger partial charge in [0.2, 0.25) is 5.91 Å². The van der Waals surface area contributed by atoms with E-state index in [-0.39, 0.29) is 17.6 Å². The molecule has 0 saturated heterocycles. The fourth-order valence-corrected chi connectivity index (χ4v) is 2.85. The minimum absolute atomic E-state index is 0.0682. The molecule has 0 saturated carbocycles. The molecule has 0 fully saturated rings. The lowest BCUT2D eigenvalue weighted by Gasteiger charge is -2.11. The Balaban J connectivity index is 1.95. The summed E-state index contributed by atoms with van der Waals surface area (Å²) >= 11 is 6.09. The summed E-state index contributed by atoms with van der Waals surface area (Å²) in [6.45, 7) is 1.50. The van der Waals surface area contributed by atoms with Crippen molar-refractivity contribution in [2.45, 2.75) is 13.5 Å². The molecule has 0 unspecified atom stereocenters. The van der Waals surface area contributed by atoms with Crippen molar-refractivity contribution in [3.05, 3.63) is 69.1 Å². The Morgan fingerprint density at radius 1 is 1.19 bits per heavy atom. The number of aryl methyl sites for hydroxylation is 1. The van der Waals surface area contributed by atoms with Crippen molar-refractivity contribution in [3.63, 3.8) is 0 Å². The van der Waals surface area contributed by atoms with Crippen LogP contribution in [-0.2, 0) is 11.3 Å². The Hall–Kier alpha value is -3.19. The highest BCUT2D eigenvalue weighted by molar-refractivity contribution is 6.33. The van der Waals surface area contributed by atoms with Gasteiger partial charge in [0.15, 0.2) is 5.69 Å². The van der Waals surface area contributed by atoms with Crippen LogP contribution in [0, 0.1) is 6.92 Å². The van der Waals surface area contributed by atoms with Crippen LogP contribution in [0.15, 0.2) is 47.3 Å².